The van der Waals surface area contributed by atoms with Crippen molar-refractivity contribution in [3.63, 3.8) is 0 Å². The first-order valence-corrected chi connectivity index (χ1v) is 9.99. The third-order valence-corrected chi connectivity index (χ3v) is 6.46. The fraction of sp³-hybridized carbons (Fsp3) is 0.350. The maximum atomic E-state index is 14.0. The molecule has 0 radical (unpaired) electrons. The maximum absolute atomic E-state index is 14.0. The lowest BCUT2D eigenvalue weighted by Crippen LogP contribution is -2.28. The average Bonchev–Trinajstić information content (AvgIpc) is 3.16. The lowest BCUT2D eigenvalue weighted by molar-refractivity contribution is -0.118. The zero-order chi connectivity index (χ0) is 18.4. The molecule has 2 aromatic heterocycles. The number of nitrogens with one attached hydrogen (secondary N) is 1. The molecule has 0 saturated heterocycles. The number of carbonyl (C=O) groups excluding carboxylic acids is 1. The number of aryl methyl sites for hydroxylation is 2. The summed E-state index contributed by atoms with van der Waals surface area (Å²) < 4.78 is 19.3. The van der Waals surface area contributed by atoms with Crippen molar-refractivity contribution in [2.24, 2.45) is 0 Å². The number of rotatable bonds is 4. The summed E-state index contributed by atoms with van der Waals surface area (Å²) in [7, 11) is 0. The second-order valence-corrected chi connectivity index (χ2v) is 8.27. The number of thiazole rings is 1. The van der Waals surface area contributed by atoms with E-state index in [2.05, 4.69) is 15.5 Å². The lowest BCUT2D eigenvalue weighted by atomic mass is 10.0. The monoisotopic (exact) mass is 383 g/mol. The van der Waals surface area contributed by atoms with Gasteiger partial charge in [0.15, 0.2) is 10.9 Å². The highest BCUT2D eigenvalue weighted by atomic mass is 32.1. The highest BCUT2D eigenvalue weighted by Crippen LogP contribution is 2.49. The molecule has 2 aliphatic rings. The van der Waals surface area contributed by atoms with Crippen molar-refractivity contribution >= 4 is 22.4 Å². The van der Waals surface area contributed by atoms with Crippen LogP contribution in [-0.2, 0) is 23.1 Å². The van der Waals surface area contributed by atoms with Gasteiger partial charge >= 0.3 is 0 Å². The molecule has 0 atom stereocenters. The Hall–Kier alpha value is -2.54. The van der Waals surface area contributed by atoms with Crippen LogP contribution in [0, 0.1) is 5.82 Å². The van der Waals surface area contributed by atoms with Crippen molar-refractivity contribution < 1.29 is 13.7 Å². The number of anilines is 1. The molecule has 27 heavy (non-hydrogen) atoms. The highest BCUT2D eigenvalue weighted by Gasteiger charge is 2.54. The van der Waals surface area contributed by atoms with Crippen molar-refractivity contribution in [3.8, 4) is 11.3 Å². The smallest absolute Gasteiger partial charge is 0.238 e. The SMILES string of the molecule is O=C(Nc1nc2c(s1)CCCC2)C1(c2cc(-c3ccccc3F)on2)CC1. The predicted octanol–water partition coefficient (Wildman–Crippen LogP) is 4.49. The number of nitrogens with zero attached hydrogens (tertiary/aromatic N) is 2. The fourth-order valence-electron chi connectivity index (χ4n) is 3.64. The van der Waals surface area contributed by atoms with Gasteiger partial charge in [0.25, 0.3) is 0 Å². The average molecular weight is 383 g/mol. The highest BCUT2D eigenvalue weighted by molar-refractivity contribution is 7.15. The zero-order valence-electron chi connectivity index (χ0n) is 14.6. The van der Waals surface area contributed by atoms with Crippen molar-refractivity contribution in [2.45, 2.75) is 43.9 Å². The summed E-state index contributed by atoms with van der Waals surface area (Å²) in [5.74, 6) is -0.142. The summed E-state index contributed by atoms with van der Waals surface area (Å²) in [5.41, 5.74) is 1.33. The van der Waals surface area contributed by atoms with Crippen LogP contribution in [0.15, 0.2) is 34.9 Å². The summed E-state index contributed by atoms with van der Waals surface area (Å²) in [6, 6.07) is 8.06. The molecule has 1 amide bonds. The largest absolute Gasteiger partial charge is 0.356 e. The number of carbonyl (C=O) groups is 1. The van der Waals surface area contributed by atoms with Gasteiger partial charge in [0, 0.05) is 10.9 Å². The van der Waals surface area contributed by atoms with Gasteiger partial charge in [0.2, 0.25) is 5.91 Å². The van der Waals surface area contributed by atoms with E-state index in [1.165, 1.54) is 17.4 Å². The summed E-state index contributed by atoms with van der Waals surface area (Å²) in [6.45, 7) is 0. The third-order valence-electron chi connectivity index (χ3n) is 5.39. The molecule has 138 valence electrons. The molecule has 5 nitrogen and oxygen atoms in total. The number of benzene rings is 1. The van der Waals surface area contributed by atoms with Gasteiger partial charge in [-0.15, -0.1) is 11.3 Å². The molecular weight excluding hydrogens is 365 g/mol. The van der Waals surface area contributed by atoms with Gasteiger partial charge in [-0.3, -0.25) is 4.79 Å². The molecule has 1 saturated carbocycles. The van der Waals surface area contributed by atoms with E-state index < -0.39 is 5.41 Å². The van der Waals surface area contributed by atoms with Gasteiger partial charge in [-0.2, -0.15) is 0 Å². The Labute approximate surface area is 159 Å². The quantitative estimate of drug-likeness (QED) is 0.721. The topological polar surface area (TPSA) is 68.0 Å². The van der Waals surface area contributed by atoms with Crippen LogP contribution in [0.4, 0.5) is 9.52 Å². The minimum absolute atomic E-state index is 0.109. The molecule has 1 N–H and O–H groups in total. The predicted molar refractivity (Wildman–Crippen MR) is 100 cm³/mol. The first-order chi connectivity index (χ1) is 13.2. The molecule has 7 heteroatoms. The van der Waals surface area contributed by atoms with Crippen molar-refractivity contribution in [1.82, 2.24) is 10.1 Å². The van der Waals surface area contributed by atoms with Gasteiger partial charge in [-0.05, 0) is 50.7 Å². The first-order valence-electron chi connectivity index (χ1n) is 9.18. The molecule has 0 bridgehead atoms. The summed E-state index contributed by atoms with van der Waals surface area (Å²) in [6.07, 6.45) is 5.78. The van der Waals surface area contributed by atoms with Crippen LogP contribution in [0.3, 0.4) is 0 Å². The third kappa shape index (κ3) is 2.86. The van der Waals surface area contributed by atoms with Crippen LogP contribution >= 0.6 is 11.3 Å². The lowest BCUT2D eigenvalue weighted by Gasteiger charge is -2.10. The molecular formula is C20H18FN3O2S. The molecule has 5 rings (SSSR count). The van der Waals surface area contributed by atoms with Crippen LogP contribution in [0.25, 0.3) is 11.3 Å². The Morgan fingerprint density at radius 1 is 1.22 bits per heavy atom. The molecule has 2 heterocycles. The van der Waals surface area contributed by atoms with Crippen molar-refractivity contribution in [3.05, 3.63) is 52.4 Å². The van der Waals surface area contributed by atoms with E-state index in [1.807, 2.05) is 0 Å². The van der Waals surface area contributed by atoms with E-state index in [4.69, 9.17) is 4.52 Å². The van der Waals surface area contributed by atoms with Crippen LogP contribution < -0.4 is 5.32 Å². The van der Waals surface area contributed by atoms with Crippen molar-refractivity contribution in [1.29, 1.82) is 0 Å². The van der Waals surface area contributed by atoms with Gasteiger partial charge in [0.1, 0.15) is 5.82 Å². The normalized spacial score (nSPS) is 17.4. The number of amides is 1. The molecule has 2 aliphatic carbocycles. The van der Waals surface area contributed by atoms with E-state index in [0.29, 0.717) is 35.0 Å². The molecule has 0 unspecified atom stereocenters. The van der Waals surface area contributed by atoms with Gasteiger partial charge < -0.3 is 9.84 Å². The van der Waals surface area contributed by atoms with E-state index >= 15 is 0 Å². The maximum Gasteiger partial charge on any atom is 0.238 e. The molecule has 0 aliphatic heterocycles. The van der Waals surface area contributed by atoms with Crippen LogP contribution in [0.1, 0.15) is 41.9 Å². The van der Waals surface area contributed by atoms with E-state index in [9.17, 15) is 9.18 Å². The van der Waals surface area contributed by atoms with Crippen LogP contribution in [0.2, 0.25) is 0 Å². The van der Waals surface area contributed by atoms with Gasteiger partial charge in [0.05, 0.1) is 22.4 Å². The fourth-order valence-corrected chi connectivity index (χ4v) is 4.68. The van der Waals surface area contributed by atoms with Gasteiger partial charge in [-0.1, -0.05) is 17.3 Å². The Kier molecular flexibility index (Phi) is 3.86. The summed E-state index contributed by atoms with van der Waals surface area (Å²) in [5, 5.41) is 7.71. The Morgan fingerprint density at radius 3 is 2.81 bits per heavy atom. The number of aromatic nitrogens is 2. The Morgan fingerprint density at radius 2 is 2.04 bits per heavy atom. The molecule has 1 aromatic carbocycles. The second-order valence-electron chi connectivity index (χ2n) is 7.19. The minimum atomic E-state index is -0.695. The van der Waals surface area contributed by atoms with Crippen molar-refractivity contribution in [2.75, 3.05) is 5.32 Å². The summed E-state index contributed by atoms with van der Waals surface area (Å²) in [4.78, 5) is 18.8. The van der Waals surface area contributed by atoms with E-state index in [-0.39, 0.29) is 11.7 Å². The molecule has 1 fully saturated rings. The summed E-state index contributed by atoms with van der Waals surface area (Å²) >= 11 is 1.57. The number of halogens is 1. The zero-order valence-corrected chi connectivity index (χ0v) is 15.4. The number of hydrogen-bond donors (Lipinski definition) is 1. The van der Waals surface area contributed by atoms with E-state index in [0.717, 1.165) is 25.0 Å². The first kappa shape index (κ1) is 16.6. The Balaban J connectivity index is 1.38. The van der Waals surface area contributed by atoms with Gasteiger partial charge in [-0.25, -0.2) is 9.37 Å². The van der Waals surface area contributed by atoms with E-state index in [1.54, 1.807) is 35.6 Å². The molecule has 3 aromatic rings. The molecule has 0 spiro atoms. The minimum Gasteiger partial charge on any atom is -0.356 e. The Bertz CT molecular complexity index is 998. The second kappa shape index (κ2) is 6.27. The van der Waals surface area contributed by atoms with Crippen LogP contribution in [0.5, 0.6) is 0 Å². The standard InChI is InChI=1S/C20H18FN3O2S/c21-13-6-2-1-5-12(13)15-11-17(24-26-15)20(9-10-20)18(25)23-19-22-14-7-3-4-8-16(14)27-19/h1-2,5-6,11H,3-4,7-10H2,(H,22,23,25). The number of fused-ring (bicyclic) bond motifs is 1. The number of hydrogen-bond acceptors (Lipinski definition) is 5. The van der Waals surface area contributed by atoms with Crippen LogP contribution in [-0.4, -0.2) is 16.0 Å².